The molecule has 1 amide bonds. The second kappa shape index (κ2) is 7.83. The van der Waals surface area contributed by atoms with Crippen molar-refractivity contribution in [3.8, 4) is 5.69 Å². The van der Waals surface area contributed by atoms with Crippen LogP contribution in [0.5, 0.6) is 0 Å². The Hall–Kier alpha value is -3.54. The number of H-pyrrole nitrogens is 1. The van der Waals surface area contributed by atoms with Gasteiger partial charge in [-0.25, -0.2) is 0 Å². The van der Waals surface area contributed by atoms with E-state index in [-0.39, 0.29) is 34.1 Å². The number of carbonyl (C=O) groups is 1. The summed E-state index contributed by atoms with van der Waals surface area (Å²) in [4.78, 5) is 22.3. The van der Waals surface area contributed by atoms with Crippen molar-refractivity contribution in [2.24, 2.45) is 0 Å². The molecule has 0 fully saturated rings. The van der Waals surface area contributed by atoms with E-state index in [4.69, 9.17) is 12.2 Å². The lowest BCUT2D eigenvalue weighted by Gasteiger charge is -2.11. The summed E-state index contributed by atoms with van der Waals surface area (Å²) < 4.78 is 40.3. The number of nitrogens with zero attached hydrogens (tertiary/aromatic N) is 3. The van der Waals surface area contributed by atoms with Crippen molar-refractivity contribution in [1.82, 2.24) is 20.1 Å². The maximum Gasteiger partial charge on any atom is 0.416 e. The number of hydrogen-bond acceptors (Lipinski definition) is 5. The van der Waals surface area contributed by atoms with Gasteiger partial charge in [0.05, 0.1) is 22.7 Å². The lowest BCUT2D eigenvalue weighted by Crippen LogP contribution is -2.24. The Morgan fingerprint density at radius 2 is 1.93 bits per heavy atom. The Bertz CT molecular complexity index is 1120. The van der Waals surface area contributed by atoms with E-state index in [2.05, 4.69) is 15.5 Å². The van der Waals surface area contributed by atoms with E-state index in [1.807, 2.05) is 0 Å². The summed E-state index contributed by atoms with van der Waals surface area (Å²) >= 11 is 5.09. The van der Waals surface area contributed by atoms with Crippen molar-refractivity contribution in [3.05, 3.63) is 80.4 Å². The molecule has 3 rings (SSSR count). The van der Waals surface area contributed by atoms with Crippen LogP contribution in [0, 0.1) is 14.9 Å². The minimum atomic E-state index is -4.52. The molecule has 1 heterocycles. The molecule has 2 aromatic carbocycles. The molecule has 8 nitrogen and oxygen atoms in total. The summed E-state index contributed by atoms with van der Waals surface area (Å²) in [6.45, 7) is -0.140. The third-order valence-corrected chi connectivity index (χ3v) is 4.19. The highest BCUT2D eigenvalue weighted by atomic mass is 32.1. The van der Waals surface area contributed by atoms with E-state index in [9.17, 15) is 28.1 Å². The highest BCUT2D eigenvalue weighted by Crippen LogP contribution is 2.30. The van der Waals surface area contributed by atoms with Crippen molar-refractivity contribution < 1.29 is 22.9 Å². The molecule has 150 valence electrons. The molecule has 29 heavy (non-hydrogen) atoms. The van der Waals surface area contributed by atoms with Gasteiger partial charge in [-0.3, -0.25) is 24.6 Å². The number of rotatable bonds is 5. The Labute approximate surface area is 166 Å². The van der Waals surface area contributed by atoms with Crippen molar-refractivity contribution in [3.63, 3.8) is 0 Å². The summed E-state index contributed by atoms with van der Waals surface area (Å²) in [6, 6.07) is 9.49. The fourth-order valence-corrected chi connectivity index (χ4v) is 2.79. The summed E-state index contributed by atoms with van der Waals surface area (Å²) in [7, 11) is 0. The van der Waals surface area contributed by atoms with Crippen LogP contribution in [-0.2, 0) is 12.7 Å². The van der Waals surface area contributed by atoms with Crippen LogP contribution >= 0.6 is 12.2 Å². The van der Waals surface area contributed by atoms with Crippen LogP contribution in [-0.4, -0.2) is 25.6 Å². The molecule has 0 saturated carbocycles. The Morgan fingerprint density at radius 1 is 1.24 bits per heavy atom. The van der Waals surface area contributed by atoms with Crippen molar-refractivity contribution in [2.75, 3.05) is 0 Å². The van der Waals surface area contributed by atoms with E-state index < -0.39 is 22.6 Å². The number of halogens is 3. The fourth-order valence-electron chi connectivity index (χ4n) is 2.53. The van der Waals surface area contributed by atoms with Crippen LogP contribution < -0.4 is 5.32 Å². The largest absolute Gasteiger partial charge is 0.416 e. The molecular formula is C17H12F3N5O3S. The molecule has 1 aromatic heterocycles. The van der Waals surface area contributed by atoms with Crippen molar-refractivity contribution >= 4 is 23.8 Å². The molecule has 0 aliphatic heterocycles. The molecule has 0 radical (unpaired) electrons. The molecule has 0 aliphatic rings. The number of amides is 1. The Kier molecular flexibility index (Phi) is 5.46. The van der Waals surface area contributed by atoms with Crippen LogP contribution in [0.15, 0.2) is 48.5 Å². The van der Waals surface area contributed by atoms with Gasteiger partial charge in [-0.2, -0.15) is 18.3 Å². The van der Waals surface area contributed by atoms with Gasteiger partial charge < -0.3 is 5.32 Å². The van der Waals surface area contributed by atoms with Crippen LogP contribution in [0.25, 0.3) is 5.69 Å². The summed E-state index contributed by atoms with van der Waals surface area (Å²) in [5, 5.41) is 19.6. The van der Waals surface area contributed by atoms with E-state index in [0.717, 1.165) is 12.1 Å². The number of benzene rings is 2. The Balaban J connectivity index is 1.81. The van der Waals surface area contributed by atoms with Gasteiger partial charge in [0, 0.05) is 17.7 Å². The van der Waals surface area contributed by atoms with Crippen LogP contribution in [0.3, 0.4) is 0 Å². The Morgan fingerprint density at radius 3 is 2.55 bits per heavy atom. The molecule has 0 unspecified atom stereocenters. The summed E-state index contributed by atoms with van der Waals surface area (Å²) in [6.07, 6.45) is -4.52. The van der Waals surface area contributed by atoms with E-state index in [1.54, 1.807) is 0 Å². The number of nitrogens with one attached hydrogen (secondary N) is 2. The number of nitro benzene ring substituents is 1. The maximum atomic E-state index is 13.0. The smallest absolute Gasteiger partial charge is 0.345 e. The van der Waals surface area contributed by atoms with Crippen molar-refractivity contribution in [2.45, 2.75) is 12.7 Å². The summed E-state index contributed by atoms with van der Waals surface area (Å²) in [5.74, 6) is -0.353. The number of non-ortho nitro benzene ring substituents is 1. The lowest BCUT2D eigenvalue weighted by atomic mass is 10.2. The zero-order valence-corrected chi connectivity index (χ0v) is 15.3. The quantitative estimate of drug-likeness (QED) is 0.369. The maximum absolute atomic E-state index is 13.0. The second-order valence-electron chi connectivity index (χ2n) is 5.82. The number of alkyl halides is 3. The van der Waals surface area contributed by atoms with Gasteiger partial charge in [0.2, 0.25) is 0 Å². The zero-order chi connectivity index (χ0) is 21.2. The zero-order valence-electron chi connectivity index (χ0n) is 14.4. The molecule has 2 N–H and O–H groups in total. The highest BCUT2D eigenvalue weighted by molar-refractivity contribution is 7.71. The van der Waals surface area contributed by atoms with E-state index >= 15 is 0 Å². The van der Waals surface area contributed by atoms with Gasteiger partial charge in [-0.15, -0.1) is 0 Å². The first-order valence-corrected chi connectivity index (χ1v) is 8.44. The van der Waals surface area contributed by atoms with Gasteiger partial charge in [0.15, 0.2) is 10.6 Å². The molecule has 0 saturated heterocycles. The van der Waals surface area contributed by atoms with Gasteiger partial charge in [0.1, 0.15) is 0 Å². The van der Waals surface area contributed by atoms with Crippen LogP contribution in [0.2, 0.25) is 0 Å². The standard InChI is InChI=1S/C17H12F3N5O3S/c18-17(19,20)11-2-1-3-13(8-11)24-14(22-23-16(24)29)9-21-15(26)10-4-6-12(7-5-10)25(27)28/h1-8H,9H2,(H,21,26)(H,23,29). The number of aromatic nitrogens is 3. The third kappa shape index (κ3) is 4.48. The minimum absolute atomic E-state index is 0.0592. The third-order valence-electron chi connectivity index (χ3n) is 3.92. The predicted octanol–water partition coefficient (Wildman–Crippen LogP) is 3.79. The number of carbonyl (C=O) groups excluding carboxylic acids is 1. The molecule has 0 spiro atoms. The van der Waals surface area contributed by atoms with Gasteiger partial charge >= 0.3 is 6.18 Å². The van der Waals surface area contributed by atoms with E-state index in [1.165, 1.54) is 41.0 Å². The average Bonchev–Trinajstić information content (AvgIpc) is 3.06. The fraction of sp³-hybridized carbons (Fsp3) is 0.118. The minimum Gasteiger partial charge on any atom is -0.345 e. The number of aromatic amines is 1. The van der Waals surface area contributed by atoms with Crippen LogP contribution in [0.1, 0.15) is 21.7 Å². The topological polar surface area (TPSA) is 106 Å². The molecule has 3 aromatic rings. The number of nitro groups is 1. The number of hydrogen-bond donors (Lipinski definition) is 2. The monoisotopic (exact) mass is 423 g/mol. The van der Waals surface area contributed by atoms with E-state index in [0.29, 0.717) is 0 Å². The van der Waals surface area contributed by atoms with Gasteiger partial charge in [-0.05, 0) is 42.5 Å². The van der Waals surface area contributed by atoms with Crippen molar-refractivity contribution in [1.29, 1.82) is 0 Å². The highest BCUT2D eigenvalue weighted by Gasteiger charge is 2.30. The van der Waals surface area contributed by atoms with Gasteiger partial charge in [-0.1, -0.05) is 6.07 Å². The molecule has 0 atom stereocenters. The first kappa shape index (κ1) is 20.2. The molecular weight excluding hydrogens is 411 g/mol. The SMILES string of the molecule is O=C(NCc1n[nH]c(=S)n1-c1cccc(C(F)(F)F)c1)c1ccc([N+](=O)[O-])cc1. The van der Waals surface area contributed by atoms with Gasteiger partial charge in [0.25, 0.3) is 11.6 Å². The first-order valence-electron chi connectivity index (χ1n) is 8.03. The predicted molar refractivity (Wildman–Crippen MR) is 98.0 cm³/mol. The molecule has 0 bridgehead atoms. The first-order chi connectivity index (χ1) is 13.7. The second-order valence-corrected chi connectivity index (χ2v) is 6.20. The molecule has 12 heteroatoms. The lowest BCUT2D eigenvalue weighted by molar-refractivity contribution is -0.384. The average molecular weight is 423 g/mol. The summed E-state index contributed by atoms with van der Waals surface area (Å²) in [5.41, 5.74) is -0.695. The normalized spacial score (nSPS) is 11.3. The molecule has 0 aliphatic carbocycles. The van der Waals surface area contributed by atoms with Crippen LogP contribution in [0.4, 0.5) is 18.9 Å².